The maximum atomic E-state index is 12.3. The number of nitrogens with one attached hydrogen (secondary N) is 1. The van der Waals surface area contributed by atoms with Gasteiger partial charge >= 0.3 is 0 Å². The normalized spacial score (nSPS) is 17.5. The second-order valence-corrected chi connectivity index (χ2v) is 8.50. The lowest BCUT2D eigenvalue weighted by Crippen LogP contribution is -2.35. The van der Waals surface area contributed by atoms with Crippen LogP contribution in [0.4, 0.5) is 5.82 Å². The number of aromatic nitrogens is 1. The van der Waals surface area contributed by atoms with Crippen LogP contribution in [0.3, 0.4) is 0 Å². The van der Waals surface area contributed by atoms with Crippen LogP contribution >= 0.6 is 11.6 Å². The molecule has 4 rings (SSSR count). The van der Waals surface area contributed by atoms with Gasteiger partial charge in [0.2, 0.25) is 0 Å². The fourth-order valence-corrected chi connectivity index (χ4v) is 4.12. The van der Waals surface area contributed by atoms with E-state index in [1.54, 1.807) is 0 Å². The maximum Gasteiger partial charge on any atom is 0.269 e. The van der Waals surface area contributed by atoms with Crippen LogP contribution in [0.15, 0.2) is 42.5 Å². The monoisotopic (exact) mass is 397 g/mol. The van der Waals surface area contributed by atoms with Crippen LogP contribution in [-0.2, 0) is 6.42 Å². The number of pyridine rings is 1. The number of hydrogen-bond acceptors (Lipinski definition) is 3. The fourth-order valence-electron chi connectivity index (χ4n) is 3.89. The summed E-state index contributed by atoms with van der Waals surface area (Å²) >= 11 is 6.28. The van der Waals surface area contributed by atoms with Gasteiger partial charge in [0.05, 0.1) is 0 Å². The van der Waals surface area contributed by atoms with Gasteiger partial charge in [0.25, 0.3) is 5.91 Å². The van der Waals surface area contributed by atoms with Crippen molar-refractivity contribution in [2.24, 2.45) is 11.8 Å². The zero-order valence-corrected chi connectivity index (χ0v) is 17.0. The van der Waals surface area contributed by atoms with Crippen LogP contribution < -0.4 is 10.2 Å². The van der Waals surface area contributed by atoms with E-state index in [1.165, 1.54) is 24.8 Å². The van der Waals surface area contributed by atoms with Crippen LogP contribution in [0.5, 0.6) is 0 Å². The van der Waals surface area contributed by atoms with Crippen molar-refractivity contribution < 1.29 is 4.79 Å². The molecule has 1 saturated carbocycles. The smallest absolute Gasteiger partial charge is 0.269 e. The highest BCUT2D eigenvalue weighted by Crippen LogP contribution is 2.28. The highest BCUT2D eigenvalue weighted by atomic mass is 35.5. The number of anilines is 1. The van der Waals surface area contributed by atoms with E-state index in [2.05, 4.69) is 27.3 Å². The molecule has 0 spiro atoms. The maximum absolute atomic E-state index is 12.3. The van der Waals surface area contributed by atoms with Crippen LogP contribution in [0.2, 0.25) is 5.02 Å². The number of hydrogen-bond donors (Lipinski definition) is 1. The van der Waals surface area contributed by atoms with Gasteiger partial charge in [-0.15, -0.1) is 0 Å². The summed E-state index contributed by atoms with van der Waals surface area (Å²) in [7, 11) is 0. The molecule has 28 heavy (non-hydrogen) atoms. The highest BCUT2D eigenvalue weighted by molar-refractivity contribution is 6.31. The van der Waals surface area contributed by atoms with Gasteiger partial charge in [-0.2, -0.15) is 0 Å². The second kappa shape index (κ2) is 8.95. The average molecular weight is 398 g/mol. The van der Waals surface area contributed by atoms with Gasteiger partial charge in [0, 0.05) is 24.7 Å². The quantitative estimate of drug-likeness (QED) is 0.734. The van der Waals surface area contributed by atoms with E-state index in [1.807, 2.05) is 30.3 Å². The fraction of sp³-hybridized carbons (Fsp3) is 0.478. The van der Waals surface area contributed by atoms with Crippen molar-refractivity contribution in [2.45, 2.75) is 38.5 Å². The van der Waals surface area contributed by atoms with Gasteiger partial charge in [0.1, 0.15) is 11.5 Å². The van der Waals surface area contributed by atoms with Gasteiger partial charge < -0.3 is 10.2 Å². The van der Waals surface area contributed by atoms with E-state index in [0.29, 0.717) is 11.6 Å². The Morgan fingerprint density at radius 1 is 1.04 bits per heavy atom. The first-order chi connectivity index (χ1) is 13.7. The Hall–Kier alpha value is -2.07. The Morgan fingerprint density at radius 2 is 1.82 bits per heavy atom. The number of aryl methyl sites for hydroxylation is 1. The summed E-state index contributed by atoms with van der Waals surface area (Å²) in [5, 5.41) is 3.88. The Balaban J connectivity index is 1.28. The van der Waals surface area contributed by atoms with Gasteiger partial charge in [-0.05, 0) is 74.1 Å². The molecule has 5 heteroatoms. The number of piperidine rings is 1. The summed E-state index contributed by atoms with van der Waals surface area (Å²) in [6.45, 7) is 2.77. The van der Waals surface area contributed by atoms with Gasteiger partial charge in [-0.3, -0.25) is 4.79 Å². The van der Waals surface area contributed by atoms with Crippen LogP contribution in [-0.4, -0.2) is 30.5 Å². The molecule has 0 unspecified atom stereocenters. The summed E-state index contributed by atoms with van der Waals surface area (Å²) in [6.07, 6.45) is 7.00. The second-order valence-electron chi connectivity index (χ2n) is 8.09. The molecule has 1 amide bonds. The number of nitrogens with zero attached hydrogens (tertiary/aromatic N) is 2. The third-order valence-electron chi connectivity index (χ3n) is 5.93. The molecule has 1 N–H and O–H groups in total. The molecule has 2 heterocycles. The van der Waals surface area contributed by atoms with Gasteiger partial charge in [0.15, 0.2) is 0 Å². The van der Waals surface area contributed by atoms with Crippen molar-refractivity contribution in [3.8, 4) is 0 Å². The minimum absolute atomic E-state index is 0.0524. The van der Waals surface area contributed by atoms with E-state index >= 15 is 0 Å². The molecular weight excluding hydrogens is 370 g/mol. The first-order valence-electron chi connectivity index (χ1n) is 10.4. The molecule has 1 aliphatic carbocycles. The molecule has 0 radical (unpaired) electrons. The summed E-state index contributed by atoms with van der Waals surface area (Å²) < 4.78 is 0. The minimum atomic E-state index is -0.0524. The molecule has 0 atom stereocenters. The molecule has 2 aromatic rings. The largest absolute Gasteiger partial charge is 0.357 e. The van der Waals surface area contributed by atoms with Crippen molar-refractivity contribution in [3.05, 3.63) is 58.7 Å². The van der Waals surface area contributed by atoms with Crippen LogP contribution in [0.1, 0.15) is 48.2 Å². The van der Waals surface area contributed by atoms with Crippen molar-refractivity contribution in [1.29, 1.82) is 0 Å². The molecular formula is C23H28ClN3O. The van der Waals surface area contributed by atoms with Crippen LogP contribution in [0, 0.1) is 11.8 Å². The average Bonchev–Trinajstić information content (AvgIpc) is 3.56. The zero-order chi connectivity index (χ0) is 19.3. The Labute approximate surface area is 172 Å². The molecule has 1 aromatic heterocycles. The summed E-state index contributed by atoms with van der Waals surface area (Å²) in [4.78, 5) is 19.2. The predicted octanol–water partition coefficient (Wildman–Crippen LogP) is 4.72. The molecule has 0 bridgehead atoms. The van der Waals surface area contributed by atoms with Crippen molar-refractivity contribution in [3.63, 3.8) is 0 Å². The molecule has 2 fully saturated rings. The molecule has 2 aliphatic rings. The van der Waals surface area contributed by atoms with E-state index in [9.17, 15) is 4.79 Å². The van der Waals surface area contributed by atoms with E-state index < -0.39 is 0 Å². The standard InChI is InChI=1S/C23H28ClN3O/c24-20-5-2-1-4-19(20)11-10-17-12-14-27(15-13-17)22-7-3-6-21(26-22)23(28)25-16-18-8-9-18/h1-7,17-18H,8-16H2,(H,25,28). The minimum Gasteiger partial charge on any atom is -0.357 e. The Morgan fingerprint density at radius 3 is 2.57 bits per heavy atom. The SMILES string of the molecule is O=C(NCC1CC1)c1cccc(N2CCC(CCc3ccccc3Cl)CC2)n1. The molecule has 148 valence electrons. The zero-order valence-electron chi connectivity index (χ0n) is 16.2. The molecule has 1 aromatic carbocycles. The third kappa shape index (κ3) is 5.05. The topological polar surface area (TPSA) is 45.2 Å². The summed E-state index contributed by atoms with van der Waals surface area (Å²) in [5.74, 6) is 2.27. The lowest BCUT2D eigenvalue weighted by Gasteiger charge is -2.33. The van der Waals surface area contributed by atoms with Crippen LogP contribution in [0.25, 0.3) is 0 Å². The number of rotatable bonds is 7. The number of halogens is 1. The lowest BCUT2D eigenvalue weighted by atomic mass is 9.90. The van der Waals surface area contributed by atoms with Gasteiger partial charge in [-0.1, -0.05) is 35.9 Å². The number of carbonyl (C=O) groups is 1. The highest BCUT2D eigenvalue weighted by Gasteiger charge is 2.23. The third-order valence-corrected chi connectivity index (χ3v) is 6.30. The van der Waals surface area contributed by atoms with Crippen molar-refractivity contribution in [2.75, 3.05) is 24.5 Å². The lowest BCUT2D eigenvalue weighted by molar-refractivity contribution is 0.0947. The van der Waals surface area contributed by atoms with E-state index in [0.717, 1.165) is 55.7 Å². The Kier molecular flexibility index (Phi) is 6.16. The first kappa shape index (κ1) is 19.3. The summed E-state index contributed by atoms with van der Waals surface area (Å²) in [5.41, 5.74) is 1.78. The van der Waals surface area contributed by atoms with E-state index in [-0.39, 0.29) is 5.91 Å². The van der Waals surface area contributed by atoms with Crippen molar-refractivity contribution in [1.82, 2.24) is 10.3 Å². The Bertz CT molecular complexity index is 813. The molecule has 1 aliphatic heterocycles. The predicted molar refractivity (Wildman–Crippen MR) is 114 cm³/mol. The van der Waals surface area contributed by atoms with Gasteiger partial charge in [-0.25, -0.2) is 4.98 Å². The number of amides is 1. The molecule has 4 nitrogen and oxygen atoms in total. The van der Waals surface area contributed by atoms with E-state index in [4.69, 9.17) is 11.6 Å². The number of carbonyl (C=O) groups excluding carboxylic acids is 1. The van der Waals surface area contributed by atoms with Crippen molar-refractivity contribution >= 4 is 23.3 Å². The molecule has 1 saturated heterocycles. The number of benzene rings is 1. The first-order valence-corrected chi connectivity index (χ1v) is 10.8. The summed E-state index contributed by atoms with van der Waals surface area (Å²) in [6, 6.07) is 13.9.